The van der Waals surface area contributed by atoms with Crippen LogP contribution in [0.25, 0.3) is 0 Å². The standard InChI is InChI=1S/C13H20N2O4S/c1-18-7-9-3-5-15(6-4-9)13-14-10(8-19-2)11(20-13)12(16)17/h9H,3-8H2,1-2H3,(H,16,17). The van der Waals surface area contributed by atoms with Crippen molar-refractivity contribution in [1.29, 1.82) is 0 Å². The zero-order valence-corrected chi connectivity index (χ0v) is 12.6. The Kier molecular flexibility index (Phi) is 5.33. The molecule has 0 saturated carbocycles. The molecule has 112 valence electrons. The van der Waals surface area contributed by atoms with E-state index in [0.29, 0.717) is 11.6 Å². The summed E-state index contributed by atoms with van der Waals surface area (Å²) in [6.45, 7) is 2.82. The number of piperidine rings is 1. The molecule has 1 aliphatic heterocycles. The lowest BCUT2D eigenvalue weighted by atomic mass is 9.98. The molecule has 1 N–H and O–H groups in total. The van der Waals surface area contributed by atoms with Crippen LogP contribution >= 0.6 is 11.3 Å². The molecule has 1 aromatic heterocycles. The summed E-state index contributed by atoms with van der Waals surface area (Å²) in [7, 11) is 3.27. The number of aromatic carboxylic acids is 1. The van der Waals surface area contributed by atoms with Crippen LogP contribution in [0.5, 0.6) is 0 Å². The summed E-state index contributed by atoms with van der Waals surface area (Å²) >= 11 is 1.23. The van der Waals surface area contributed by atoms with E-state index in [0.717, 1.165) is 37.7 Å². The van der Waals surface area contributed by atoms with Gasteiger partial charge in [0.15, 0.2) is 5.13 Å². The monoisotopic (exact) mass is 300 g/mol. The minimum absolute atomic E-state index is 0.234. The van der Waals surface area contributed by atoms with Crippen LogP contribution < -0.4 is 4.90 Å². The van der Waals surface area contributed by atoms with E-state index in [1.807, 2.05) is 0 Å². The molecule has 7 heteroatoms. The normalized spacial score (nSPS) is 16.6. The Balaban J connectivity index is 2.06. The predicted molar refractivity (Wildman–Crippen MR) is 76.6 cm³/mol. The molecule has 0 bridgehead atoms. The van der Waals surface area contributed by atoms with Gasteiger partial charge in [0.2, 0.25) is 0 Å². The van der Waals surface area contributed by atoms with E-state index in [4.69, 9.17) is 9.47 Å². The van der Waals surface area contributed by atoms with Crippen molar-refractivity contribution in [1.82, 2.24) is 4.98 Å². The van der Waals surface area contributed by atoms with E-state index in [1.54, 1.807) is 14.2 Å². The van der Waals surface area contributed by atoms with Gasteiger partial charge >= 0.3 is 5.97 Å². The Hall–Kier alpha value is -1.18. The van der Waals surface area contributed by atoms with Crippen LogP contribution in [0.2, 0.25) is 0 Å². The third-order valence-corrected chi connectivity index (χ3v) is 4.60. The Labute approximate surface area is 122 Å². The van der Waals surface area contributed by atoms with Crippen molar-refractivity contribution in [2.75, 3.05) is 38.8 Å². The summed E-state index contributed by atoms with van der Waals surface area (Å²) in [5, 5.41) is 9.98. The largest absolute Gasteiger partial charge is 0.477 e. The van der Waals surface area contributed by atoms with Crippen LogP contribution in [0.15, 0.2) is 0 Å². The molecule has 2 rings (SSSR count). The topological polar surface area (TPSA) is 71.9 Å². The van der Waals surface area contributed by atoms with Crippen molar-refractivity contribution < 1.29 is 19.4 Å². The fourth-order valence-electron chi connectivity index (χ4n) is 2.40. The Bertz CT molecular complexity index is 455. The molecule has 1 aliphatic rings. The van der Waals surface area contributed by atoms with Gasteiger partial charge in [-0.25, -0.2) is 9.78 Å². The molecular weight excluding hydrogens is 280 g/mol. The highest BCUT2D eigenvalue weighted by Crippen LogP contribution is 2.30. The lowest BCUT2D eigenvalue weighted by Crippen LogP contribution is -2.34. The van der Waals surface area contributed by atoms with E-state index in [-0.39, 0.29) is 11.5 Å². The van der Waals surface area contributed by atoms with Gasteiger partial charge in [-0.1, -0.05) is 11.3 Å². The Morgan fingerprint density at radius 2 is 2.10 bits per heavy atom. The minimum Gasteiger partial charge on any atom is -0.477 e. The average Bonchev–Trinajstić information content (AvgIpc) is 2.85. The number of carboxylic acid groups (broad SMARTS) is 1. The Morgan fingerprint density at radius 1 is 1.40 bits per heavy atom. The van der Waals surface area contributed by atoms with E-state index in [2.05, 4.69) is 9.88 Å². The van der Waals surface area contributed by atoms with Crippen molar-refractivity contribution in [3.8, 4) is 0 Å². The number of anilines is 1. The molecule has 0 atom stereocenters. The first-order valence-electron chi connectivity index (χ1n) is 6.61. The smallest absolute Gasteiger partial charge is 0.347 e. The van der Waals surface area contributed by atoms with Crippen LogP contribution in [0.1, 0.15) is 28.2 Å². The summed E-state index contributed by atoms with van der Waals surface area (Å²) < 4.78 is 10.2. The van der Waals surface area contributed by atoms with Crippen molar-refractivity contribution >= 4 is 22.4 Å². The van der Waals surface area contributed by atoms with Gasteiger partial charge in [-0.15, -0.1) is 0 Å². The molecule has 0 aromatic carbocycles. The maximum atomic E-state index is 11.2. The predicted octanol–water partition coefficient (Wildman–Crippen LogP) is 1.85. The van der Waals surface area contributed by atoms with E-state index < -0.39 is 5.97 Å². The Morgan fingerprint density at radius 3 is 2.65 bits per heavy atom. The fourth-order valence-corrected chi connectivity index (χ4v) is 3.36. The van der Waals surface area contributed by atoms with Crippen molar-refractivity contribution in [3.63, 3.8) is 0 Å². The molecule has 1 fully saturated rings. The number of nitrogens with zero attached hydrogens (tertiary/aromatic N) is 2. The van der Waals surface area contributed by atoms with Crippen molar-refractivity contribution in [2.24, 2.45) is 5.92 Å². The summed E-state index contributed by atoms with van der Waals surface area (Å²) in [6, 6.07) is 0. The number of carbonyl (C=O) groups is 1. The summed E-state index contributed by atoms with van der Waals surface area (Å²) in [4.78, 5) is 18.1. The molecule has 0 spiro atoms. The average molecular weight is 300 g/mol. The first kappa shape index (κ1) is 15.2. The number of ether oxygens (including phenoxy) is 2. The summed E-state index contributed by atoms with van der Waals surface area (Å²) in [6.07, 6.45) is 2.10. The molecule has 0 aliphatic carbocycles. The maximum Gasteiger partial charge on any atom is 0.347 e. The molecule has 0 radical (unpaired) electrons. The first-order chi connectivity index (χ1) is 9.65. The molecule has 20 heavy (non-hydrogen) atoms. The van der Waals surface area contributed by atoms with Gasteiger partial charge < -0.3 is 19.5 Å². The van der Waals surface area contributed by atoms with Gasteiger partial charge in [-0.05, 0) is 18.8 Å². The van der Waals surface area contributed by atoms with E-state index >= 15 is 0 Å². The maximum absolute atomic E-state index is 11.2. The molecule has 1 aromatic rings. The number of thiazole rings is 1. The second kappa shape index (κ2) is 7.01. The second-order valence-corrected chi connectivity index (χ2v) is 5.87. The summed E-state index contributed by atoms with van der Waals surface area (Å²) in [5.41, 5.74) is 0.513. The van der Waals surface area contributed by atoms with Gasteiger partial charge in [-0.3, -0.25) is 0 Å². The zero-order chi connectivity index (χ0) is 14.5. The lowest BCUT2D eigenvalue weighted by Gasteiger charge is -2.31. The molecular formula is C13H20N2O4S. The SMILES string of the molecule is COCc1nc(N2CCC(COC)CC2)sc1C(=O)O. The van der Waals surface area contributed by atoms with Crippen LogP contribution in [0, 0.1) is 5.92 Å². The van der Waals surface area contributed by atoms with E-state index in [9.17, 15) is 9.90 Å². The summed E-state index contributed by atoms with van der Waals surface area (Å²) in [5.74, 6) is -0.344. The number of aromatic nitrogens is 1. The minimum atomic E-state index is -0.935. The molecule has 1 saturated heterocycles. The number of rotatable bonds is 6. The third-order valence-electron chi connectivity index (χ3n) is 3.45. The number of hydrogen-bond acceptors (Lipinski definition) is 6. The van der Waals surface area contributed by atoms with Crippen molar-refractivity contribution in [2.45, 2.75) is 19.4 Å². The van der Waals surface area contributed by atoms with Gasteiger partial charge in [0.05, 0.1) is 12.3 Å². The number of carboxylic acids is 1. The van der Waals surface area contributed by atoms with E-state index in [1.165, 1.54) is 11.3 Å². The lowest BCUT2D eigenvalue weighted by molar-refractivity contribution is 0.0697. The van der Waals surface area contributed by atoms with Crippen LogP contribution in [-0.4, -0.2) is 50.0 Å². The van der Waals surface area contributed by atoms with Gasteiger partial charge in [0.25, 0.3) is 0 Å². The molecule has 2 heterocycles. The quantitative estimate of drug-likeness (QED) is 0.864. The van der Waals surface area contributed by atoms with Crippen molar-refractivity contribution in [3.05, 3.63) is 10.6 Å². The first-order valence-corrected chi connectivity index (χ1v) is 7.43. The zero-order valence-electron chi connectivity index (χ0n) is 11.8. The highest BCUT2D eigenvalue weighted by Gasteiger charge is 2.24. The van der Waals surface area contributed by atoms with Gasteiger partial charge in [-0.2, -0.15) is 0 Å². The third kappa shape index (κ3) is 3.47. The molecule has 0 unspecified atom stereocenters. The van der Waals surface area contributed by atoms with Crippen LogP contribution in [-0.2, 0) is 16.1 Å². The number of methoxy groups -OCH3 is 2. The van der Waals surface area contributed by atoms with Crippen LogP contribution in [0.3, 0.4) is 0 Å². The van der Waals surface area contributed by atoms with Gasteiger partial charge in [0, 0.05) is 33.9 Å². The van der Waals surface area contributed by atoms with Crippen LogP contribution in [0.4, 0.5) is 5.13 Å². The fraction of sp³-hybridized carbons (Fsp3) is 0.692. The number of hydrogen-bond donors (Lipinski definition) is 1. The highest BCUT2D eigenvalue weighted by atomic mass is 32.1. The molecule has 6 nitrogen and oxygen atoms in total. The highest BCUT2D eigenvalue weighted by molar-refractivity contribution is 7.17. The second-order valence-electron chi connectivity index (χ2n) is 4.90. The molecule has 0 amide bonds. The van der Waals surface area contributed by atoms with Gasteiger partial charge in [0.1, 0.15) is 4.88 Å².